The highest BCUT2D eigenvalue weighted by molar-refractivity contribution is 5.82. The Bertz CT molecular complexity index is 445. The molecule has 0 aromatic rings. The number of nitrogens with two attached hydrogens (primary N) is 1. The smallest absolute Gasteiger partial charge is 0.224 e. The molecule has 3 heterocycles. The van der Waals surface area contributed by atoms with Crippen molar-refractivity contribution in [3.8, 4) is 0 Å². The minimum absolute atomic E-state index is 0.0767. The van der Waals surface area contributed by atoms with Gasteiger partial charge in [0.1, 0.15) is 0 Å². The number of amides is 1. The summed E-state index contributed by atoms with van der Waals surface area (Å²) in [5, 5.41) is 0. The third-order valence-electron chi connectivity index (χ3n) is 5.56. The number of carbonyl (C=O) groups is 1. The molecule has 0 radical (unpaired) electrons. The number of carbonyl (C=O) groups excluding carboxylic acids is 1. The minimum Gasteiger partial charge on any atom is -0.369 e. The minimum atomic E-state index is -0.149. The summed E-state index contributed by atoms with van der Waals surface area (Å²) < 4.78 is 0. The zero-order chi connectivity index (χ0) is 15.3. The van der Waals surface area contributed by atoms with Crippen LogP contribution in [0, 0.1) is 29.6 Å². The van der Waals surface area contributed by atoms with Crippen molar-refractivity contribution in [1.29, 1.82) is 0 Å². The fraction of sp³-hybridized carbons (Fsp3) is 0.882. The molecule has 0 spiro atoms. The van der Waals surface area contributed by atoms with Crippen LogP contribution in [0.25, 0.3) is 0 Å². The van der Waals surface area contributed by atoms with Gasteiger partial charge in [-0.25, -0.2) is 0 Å². The Kier molecular flexibility index (Phi) is 3.85. The Morgan fingerprint density at radius 2 is 2.05 bits per heavy atom. The molecular weight excluding hydrogens is 262 g/mol. The monoisotopic (exact) mass is 291 g/mol. The molecule has 4 heteroatoms. The van der Waals surface area contributed by atoms with E-state index in [2.05, 4.69) is 43.8 Å². The summed E-state index contributed by atoms with van der Waals surface area (Å²) in [7, 11) is 0. The lowest BCUT2D eigenvalue weighted by Gasteiger charge is -2.42. The van der Waals surface area contributed by atoms with Gasteiger partial charge < -0.3 is 5.73 Å². The van der Waals surface area contributed by atoms with E-state index in [0.29, 0.717) is 35.8 Å². The topological polar surface area (TPSA) is 58.7 Å². The number of primary amides is 1. The molecule has 0 aromatic heterocycles. The molecule has 3 aliphatic heterocycles. The first kappa shape index (κ1) is 15.0. The molecule has 6 atom stereocenters. The third kappa shape index (κ3) is 2.41. The molecule has 1 aliphatic carbocycles. The van der Waals surface area contributed by atoms with Crippen LogP contribution in [-0.4, -0.2) is 41.7 Å². The molecule has 1 saturated carbocycles. The van der Waals surface area contributed by atoms with Crippen LogP contribution in [0.1, 0.15) is 40.5 Å². The van der Waals surface area contributed by atoms with Gasteiger partial charge in [-0.05, 0) is 30.6 Å². The Labute approximate surface area is 128 Å². The Hall–Kier alpha value is -0.900. The van der Waals surface area contributed by atoms with Crippen LogP contribution in [0.2, 0.25) is 0 Å². The lowest BCUT2D eigenvalue weighted by Crippen LogP contribution is -2.55. The molecule has 4 rings (SSSR count). The van der Waals surface area contributed by atoms with E-state index in [9.17, 15) is 4.79 Å². The van der Waals surface area contributed by atoms with Gasteiger partial charge in [-0.1, -0.05) is 27.7 Å². The van der Waals surface area contributed by atoms with E-state index in [1.54, 1.807) is 0 Å². The van der Waals surface area contributed by atoms with Crippen LogP contribution < -0.4 is 5.73 Å². The van der Waals surface area contributed by atoms with Gasteiger partial charge in [0, 0.05) is 30.8 Å². The SMILES string of the molecule is CC(C)CC1C2CC3N=CC2C(C3C(N)=O)N1CC(C)C. The number of rotatable bonds is 5. The molecule has 6 unspecified atom stereocenters. The fourth-order valence-electron chi connectivity index (χ4n) is 5.00. The van der Waals surface area contributed by atoms with Gasteiger partial charge in [0.25, 0.3) is 0 Å². The van der Waals surface area contributed by atoms with Crippen molar-refractivity contribution < 1.29 is 4.79 Å². The average Bonchev–Trinajstić information content (AvgIpc) is 2.61. The van der Waals surface area contributed by atoms with Crippen molar-refractivity contribution in [2.24, 2.45) is 40.3 Å². The molecule has 1 amide bonds. The van der Waals surface area contributed by atoms with E-state index in [1.165, 1.54) is 6.42 Å². The van der Waals surface area contributed by atoms with Crippen molar-refractivity contribution in [3.05, 3.63) is 0 Å². The molecule has 1 saturated heterocycles. The quantitative estimate of drug-likeness (QED) is 0.841. The standard InChI is InChI=1S/C17H29N3O/c1-9(2)5-14-11-6-13-15(17(18)21)16(12(11)7-19-13)20(14)8-10(3)4/h7,9-16H,5-6,8H2,1-4H3,(H2,18,21). The summed E-state index contributed by atoms with van der Waals surface area (Å²) in [6.45, 7) is 10.2. The van der Waals surface area contributed by atoms with Gasteiger partial charge in [-0.15, -0.1) is 0 Å². The van der Waals surface area contributed by atoms with Gasteiger partial charge in [0.05, 0.1) is 12.0 Å². The van der Waals surface area contributed by atoms with E-state index in [4.69, 9.17) is 5.73 Å². The summed E-state index contributed by atoms with van der Waals surface area (Å²) in [5.74, 6) is 2.19. The first-order valence-electron chi connectivity index (χ1n) is 8.48. The summed E-state index contributed by atoms with van der Waals surface area (Å²) in [4.78, 5) is 19.3. The first-order valence-corrected chi connectivity index (χ1v) is 8.48. The van der Waals surface area contributed by atoms with Gasteiger partial charge in [-0.3, -0.25) is 14.7 Å². The molecule has 0 aromatic carbocycles. The van der Waals surface area contributed by atoms with Gasteiger partial charge >= 0.3 is 0 Å². The number of hydrogen-bond acceptors (Lipinski definition) is 3. The highest BCUT2D eigenvalue weighted by atomic mass is 16.1. The maximum Gasteiger partial charge on any atom is 0.224 e. The first-order chi connectivity index (χ1) is 9.90. The van der Waals surface area contributed by atoms with Crippen LogP contribution in [0.3, 0.4) is 0 Å². The summed E-state index contributed by atoms with van der Waals surface area (Å²) in [6, 6.07) is 1.03. The predicted molar refractivity (Wildman–Crippen MR) is 85.1 cm³/mol. The summed E-state index contributed by atoms with van der Waals surface area (Å²) in [5.41, 5.74) is 5.74. The molecular formula is C17H29N3O. The highest BCUT2D eigenvalue weighted by Gasteiger charge is 2.60. The lowest BCUT2D eigenvalue weighted by atomic mass is 9.67. The second-order valence-corrected chi connectivity index (χ2v) is 8.05. The van der Waals surface area contributed by atoms with Gasteiger partial charge in [0.2, 0.25) is 5.91 Å². The van der Waals surface area contributed by atoms with Crippen molar-refractivity contribution in [2.45, 2.75) is 58.7 Å². The molecule has 4 nitrogen and oxygen atoms in total. The van der Waals surface area contributed by atoms with Crippen LogP contribution in [0.5, 0.6) is 0 Å². The summed E-state index contributed by atoms with van der Waals surface area (Å²) in [6.07, 6.45) is 4.42. The maximum atomic E-state index is 12.0. The normalized spacial score (nSPS) is 41.4. The molecule has 118 valence electrons. The van der Waals surface area contributed by atoms with E-state index in [-0.39, 0.29) is 17.9 Å². The second-order valence-electron chi connectivity index (χ2n) is 8.05. The lowest BCUT2D eigenvalue weighted by molar-refractivity contribution is -0.125. The second kappa shape index (κ2) is 5.38. The molecule has 4 aliphatic rings. The van der Waals surface area contributed by atoms with Crippen molar-refractivity contribution >= 4 is 12.1 Å². The van der Waals surface area contributed by atoms with Crippen molar-refractivity contribution in [2.75, 3.05) is 6.54 Å². The van der Waals surface area contributed by atoms with Crippen molar-refractivity contribution in [1.82, 2.24) is 4.90 Å². The maximum absolute atomic E-state index is 12.0. The van der Waals surface area contributed by atoms with Gasteiger partial charge in [-0.2, -0.15) is 0 Å². The largest absolute Gasteiger partial charge is 0.369 e. The molecule has 21 heavy (non-hydrogen) atoms. The molecule has 4 bridgehead atoms. The van der Waals surface area contributed by atoms with Crippen LogP contribution in [0.4, 0.5) is 0 Å². The van der Waals surface area contributed by atoms with E-state index < -0.39 is 0 Å². The summed E-state index contributed by atoms with van der Waals surface area (Å²) >= 11 is 0. The van der Waals surface area contributed by atoms with Crippen LogP contribution in [-0.2, 0) is 4.79 Å². The van der Waals surface area contributed by atoms with Crippen LogP contribution in [0.15, 0.2) is 4.99 Å². The zero-order valence-corrected chi connectivity index (χ0v) is 13.7. The predicted octanol–water partition coefficient (Wildman–Crippen LogP) is 1.93. The number of aliphatic imine (C=N–C) groups is 1. The van der Waals surface area contributed by atoms with Gasteiger partial charge in [0.15, 0.2) is 0 Å². The zero-order valence-electron chi connectivity index (χ0n) is 13.7. The number of nitrogens with zero attached hydrogens (tertiary/aromatic N) is 2. The molecule has 2 N–H and O–H groups in total. The van der Waals surface area contributed by atoms with E-state index in [0.717, 1.165) is 13.0 Å². The Morgan fingerprint density at radius 1 is 1.33 bits per heavy atom. The third-order valence-corrected chi connectivity index (χ3v) is 5.56. The number of likely N-dealkylation sites (tertiary alicyclic amines) is 1. The Morgan fingerprint density at radius 3 is 2.62 bits per heavy atom. The average molecular weight is 291 g/mol. The molecule has 2 fully saturated rings. The van der Waals surface area contributed by atoms with E-state index >= 15 is 0 Å². The Balaban J connectivity index is 1.94. The van der Waals surface area contributed by atoms with E-state index in [1.807, 2.05) is 0 Å². The van der Waals surface area contributed by atoms with Crippen LogP contribution >= 0.6 is 0 Å². The number of hydrogen-bond donors (Lipinski definition) is 1. The fourth-order valence-corrected chi connectivity index (χ4v) is 5.00. The highest BCUT2D eigenvalue weighted by Crippen LogP contribution is 2.51. The van der Waals surface area contributed by atoms with Crippen molar-refractivity contribution in [3.63, 3.8) is 0 Å².